The zero-order valence-electron chi connectivity index (χ0n) is 15.0. The summed E-state index contributed by atoms with van der Waals surface area (Å²) >= 11 is 0. The molecular weight excluding hydrogens is 342 g/mol. The summed E-state index contributed by atoms with van der Waals surface area (Å²) < 4.78 is 3.69. The van der Waals surface area contributed by atoms with E-state index in [0.717, 1.165) is 54.6 Å². The smallest absolute Gasteiger partial charge is 0.225 e. The predicted molar refractivity (Wildman–Crippen MR) is 102 cm³/mol. The summed E-state index contributed by atoms with van der Waals surface area (Å²) in [4.78, 5) is 17.8. The van der Waals surface area contributed by atoms with Crippen molar-refractivity contribution in [1.82, 2.24) is 34.3 Å². The lowest BCUT2D eigenvalue weighted by Crippen LogP contribution is -2.47. The first kappa shape index (κ1) is 15.7. The fraction of sp³-hybridized carbons (Fsp3) is 0.278. The summed E-state index contributed by atoms with van der Waals surface area (Å²) in [6.07, 6.45) is 11.1. The minimum atomic E-state index is 0.784. The van der Waals surface area contributed by atoms with Gasteiger partial charge in [-0.1, -0.05) is 0 Å². The highest BCUT2D eigenvalue weighted by Gasteiger charge is 2.22. The molecule has 5 heterocycles. The van der Waals surface area contributed by atoms with Crippen LogP contribution in [0.25, 0.3) is 16.6 Å². The van der Waals surface area contributed by atoms with Crippen LogP contribution < -0.4 is 9.80 Å². The van der Waals surface area contributed by atoms with E-state index in [4.69, 9.17) is 0 Å². The lowest BCUT2D eigenvalue weighted by Gasteiger charge is -2.35. The molecule has 1 aliphatic heterocycles. The second-order valence-electron chi connectivity index (χ2n) is 6.57. The Kier molecular flexibility index (Phi) is 3.70. The van der Waals surface area contributed by atoms with E-state index in [-0.39, 0.29) is 0 Å². The van der Waals surface area contributed by atoms with Crippen LogP contribution in [0.3, 0.4) is 0 Å². The monoisotopic (exact) mass is 361 g/mol. The quantitative estimate of drug-likeness (QED) is 0.543. The van der Waals surface area contributed by atoms with E-state index in [9.17, 15) is 0 Å². The second kappa shape index (κ2) is 6.35. The van der Waals surface area contributed by atoms with Gasteiger partial charge in [0, 0.05) is 69.1 Å². The van der Waals surface area contributed by atoms with E-state index < -0.39 is 0 Å². The van der Waals surface area contributed by atoms with Crippen LogP contribution in [-0.2, 0) is 7.05 Å². The largest absolute Gasteiger partial charge is 0.351 e. The van der Waals surface area contributed by atoms with Crippen molar-refractivity contribution in [2.24, 2.45) is 7.05 Å². The SMILES string of the molecule is Cn1cc(-c2cc3c(N4CCN(c5ncccn5)CC4)ncnn3c2)cn1. The molecule has 0 radical (unpaired) electrons. The van der Waals surface area contributed by atoms with Gasteiger partial charge in [0.15, 0.2) is 5.82 Å². The van der Waals surface area contributed by atoms with Gasteiger partial charge in [0.1, 0.15) is 11.8 Å². The molecule has 0 unspecified atom stereocenters. The van der Waals surface area contributed by atoms with Gasteiger partial charge in [-0.15, -0.1) is 0 Å². The van der Waals surface area contributed by atoms with Gasteiger partial charge in [0.05, 0.1) is 6.20 Å². The molecule has 5 rings (SSSR count). The molecule has 0 N–H and O–H groups in total. The van der Waals surface area contributed by atoms with E-state index in [2.05, 4.69) is 41.0 Å². The molecule has 0 atom stereocenters. The van der Waals surface area contributed by atoms with Crippen LogP contribution in [-0.4, -0.2) is 60.5 Å². The van der Waals surface area contributed by atoms with Gasteiger partial charge in [0.2, 0.25) is 5.95 Å². The highest BCUT2D eigenvalue weighted by molar-refractivity contribution is 5.77. The van der Waals surface area contributed by atoms with Crippen molar-refractivity contribution in [2.45, 2.75) is 0 Å². The van der Waals surface area contributed by atoms with E-state index in [1.54, 1.807) is 23.4 Å². The summed E-state index contributed by atoms with van der Waals surface area (Å²) in [5.41, 5.74) is 3.15. The van der Waals surface area contributed by atoms with Crippen molar-refractivity contribution in [1.29, 1.82) is 0 Å². The van der Waals surface area contributed by atoms with Crippen LogP contribution in [0.1, 0.15) is 0 Å². The molecule has 136 valence electrons. The lowest BCUT2D eigenvalue weighted by molar-refractivity contribution is 0.633. The number of rotatable bonds is 3. The molecule has 0 spiro atoms. The predicted octanol–water partition coefficient (Wildman–Crippen LogP) is 1.25. The number of nitrogens with zero attached hydrogens (tertiary/aromatic N) is 9. The molecule has 4 aromatic rings. The maximum Gasteiger partial charge on any atom is 0.225 e. The fourth-order valence-electron chi connectivity index (χ4n) is 3.46. The first-order valence-corrected chi connectivity index (χ1v) is 8.87. The van der Waals surface area contributed by atoms with Crippen LogP contribution >= 0.6 is 0 Å². The third-order valence-electron chi connectivity index (χ3n) is 4.84. The van der Waals surface area contributed by atoms with Gasteiger partial charge in [-0.3, -0.25) is 4.68 Å². The van der Waals surface area contributed by atoms with Crippen molar-refractivity contribution in [2.75, 3.05) is 36.0 Å². The number of anilines is 2. The molecular formula is C18H19N9. The van der Waals surface area contributed by atoms with E-state index in [1.807, 2.05) is 36.2 Å². The minimum absolute atomic E-state index is 0.784. The Balaban J connectivity index is 1.41. The molecule has 0 bridgehead atoms. The van der Waals surface area contributed by atoms with Crippen molar-refractivity contribution in [3.63, 3.8) is 0 Å². The molecule has 0 amide bonds. The maximum atomic E-state index is 4.56. The summed E-state index contributed by atoms with van der Waals surface area (Å²) in [6.45, 7) is 3.43. The van der Waals surface area contributed by atoms with Crippen molar-refractivity contribution >= 4 is 17.3 Å². The molecule has 1 fully saturated rings. The van der Waals surface area contributed by atoms with Gasteiger partial charge >= 0.3 is 0 Å². The molecule has 0 saturated carbocycles. The van der Waals surface area contributed by atoms with Gasteiger partial charge in [0.25, 0.3) is 0 Å². The van der Waals surface area contributed by atoms with Crippen LogP contribution in [0.2, 0.25) is 0 Å². The highest BCUT2D eigenvalue weighted by atomic mass is 15.4. The number of hydrogen-bond acceptors (Lipinski definition) is 7. The first-order chi connectivity index (χ1) is 13.3. The number of piperazine rings is 1. The normalized spacial score (nSPS) is 14.9. The summed E-state index contributed by atoms with van der Waals surface area (Å²) in [5.74, 6) is 1.74. The zero-order valence-corrected chi connectivity index (χ0v) is 15.0. The topological polar surface area (TPSA) is 80.3 Å². The van der Waals surface area contributed by atoms with Gasteiger partial charge < -0.3 is 9.80 Å². The molecule has 9 heteroatoms. The number of aromatic nitrogens is 7. The zero-order chi connectivity index (χ0) is 18.2. The van der Waals surface area contributed by atoms with Gasteiger partial charge in [-0.25, -0.2) is 19.5 Å². The Hall–Kier alpha value is -3.49. The van der Waals surface area contributed by atoms with Crippen LogP contribution in [0, 0.1) is 0 Å². The molecule has 0 aromatic carbocycles. The molecule has 0 aliphatic carbocycles. The molecule has 1 saturated heterocycles. The second-order valence-corrected chi connectivity index (χ2v) is 6.57. The van der Waals surface area contributed by atoms with Crippen molar-refractivity contribution in [3.05, 3.63) is 49.4 Å². The molecule has 27 heavy (non-hydrogen) atoms. The van der Waals surface area contributed by atoms with Gasteiger partial charge in [-0.05, 0) is 12.1 Å². The third-order valence-corrected chi connectivity index (χ3v) is 4.84. The number of hydrogen-bond donors (Lipinski definition) is 0. The summed E-state index contributed by atoms with van der Waals surface area (Å²) in [6, 6.07) is 3.96. The summed E-state index contributed by atoms with van der Waals surface area (Å²) in [7, 11) is 1.92. The molecule has 9 nitrogen and oxygen atoms in total. The third kappa shape index (κ3) is 2.86. The Morgan fingerprint density at radius 1 is 0.852 bits per heavy atom. The fourth-order valence-corrected chi connectivity index (χ4v) is 3.46. The van der Waals surface area contributed by atoms with E-state index in [0.29, 0.717) is 0 Å². The average Bonchev–Trinajstić information content (AvgIpc) is 3.34. The molecule has 4 aromatic heterocycles. The van der Waals surface area contributed by atoms with E-state index >= 15 is 0 Å². The van der Waals surface area contributed by atoms with Crippen molar-refractivity contribution in [3.8, 4) is 11.1 Å². The average molecular weight is 361 g/mol. The maximum absolute atomic E-state index is 4.56. The number of aryl methyl sites for hydroxylation is 1. The highest BCUT2D eigenvalue weighted by Crippen LogP contribution is 2.27. The molecule has 1 aliphatic rings. The van der Waals surface area contributed by atoms with Crippen LogP contribution in [0.15, 0.2) is 49.4 Å². The standard InChI is InChI=1S/C18H19N9/c1-24-11-15(10-22-24)14-9-16-17(21-13-23-27(16)12-14)25-5-7-26(8-6-25)18-19-3-2-4-20-18/h2-4,9-13H,5-8H2,1H3. The van der Waals surface area contributed by atoms with Gasteiger partial charge in [-0.2, -0.15) is 10.2 Å². The van der Waals surface area contributed by atoms with Crippen LogP contribution in [0.5, 0.6) is 0 Å². The number of fused-ring (bicyclic) bond motifs is 1. The lowest BCUT2D eigenvalue weighted by atomic mass is 10.2. The van der Waals surface area contributed by atoms with Crippen molar-refractivity contribution < 1.29 is 0 Å². The van der Waals surface area contributed by atoms with Crippen LogP contribution in [0.4, 0.5) is 11.8 Å². The van der Waals surface area contributed by atoms with E-state index in [1.165, 1.54) is 0 Å². The minimum Gasteiger partial charge on any atom is -0.351 e. The Bertz CT molecular complexity index is 1060. The Labute approximate surface area is 155 Å². The Morgan fingerprint density at radius 3 is 2.37 bits per heavy atom. The first-order valence-electron chi connectivity index (χ1n) is 8.87. The summed E-state index contributed by atoms with van der Waals surface area (Å²) in [5, 5.41) is 8.63. The Morgan fingerprint density at radius 2 is 1.63 bits per heavy atom.